The number of nitrogens with one attached hydrogen (secondary N) is 2. The lowest BCUT2D eigenvalue weighted by Gasteiger charge is -2.14. The molecule has 3 rings (SSSR count). The number of amides is 1. The molecule has 0 radical (unpaired) electrons. The van der Waals surface area contributed by atoms with Crippen molar-refractivity contribution in [3.05, 3.63) is 81.8 Å². The van der Waals surface area contributed by atoms with Gasteiger partial charge in [-0.2, -0.15) is 0 Å². The Morgan fingerprint density at radius 3 is 2.33 bits per heavy atom. The highest BCUT2D eigenvalue weighted by Crippen LogP contribution is 2.29. The first-order chi connectivity index (χ1) is 15.5. The van der Waals surface area contributed by atoms with Gasteiger partial charge in [-0.25, -0.2) is 8.42 Å². The number of hydrogen-bond donors (Lipinski definition) is 2. The fourth-order valence-corrected chi connectivity index (χ4v) is 4.80. The van der Waals surface area contributed by atoms with Gasteiger partial charge in [-0.05, 0) is 79.4 Å². The van der Waals surface area contributed by atoms with Crippen LogP contribution in [0.5, 0.6) is 5.75 Å². The minimum atomic E-state index is -3.75. The lowest BCUT2D eigenvalue weighted by Crippen LogP contribution is -2.20. The summed E-state index contributed by atoms with van der Waals surface area (Å²) in [6.45, 7) is 7.75. The second kappa shape index (κ2) is 10.4. The number of rotatable bonds is 8. The molecule has 0 aliphatic heterocycles. The Labute approximate surface area is 203 Å². The van der Waals surface area contributed by atoms with Crippen LogP contribution in [0, 0.1) is 13.8 Å². The predicted octanol–water partition coefficient (Wildman–Crippen LogP) is 6.01. The Balaban J connectivity index is 1.63. The lowest BCUT2D eigenvalue weighted by molar-refractivity contribution is -0.118. The number of halogens is 1. The lowest BCUT2D eigenvalue weighted by atomic mass is 10.0. The second-order valence-electron chi connectivity index (χ2n) is 8.12. The van der Waals surface area contributed by atoms with Gasteiger partial charge >= 0.3 is 0 Å². The van der Waals surface area contributed by atoms with Crippen molar-refractivity contribution in [3.63, 3.8) is 0 Å². The maximum absolute atomic E-state index is 12.7. The zero-order chi connectivity index (χ0) is 24.2. The normalized spacial score (nSPS) is 11.3. The van der Waals surface area contributed by atoms with E-state index in [-0.39, 0.29) is 23.3 Å². The summed E-state index contributed by atoms with van der Waals surface area (Å²) in [7, 11) is -3.75. The van der Waals surface area contributed by atoms with Gasteiger partial charge in [0.05, 0.1) is 10.6 Å². The second-order valence-corrected chi connectivity index (χ2v) is 10.7. The van der Waals surface area contributed by atoms with Gasteiger partial charge in [0.1, 0.15) is 5.75 Å². The molecule has 0 atom stereocenters. The molecule has 174 valence electrons. The van der Waals surface area contributed by atoms with E-state index in [1.807, 2.05) is 44.2 Å². The van der Waals surface area contributed by atoms with Crippen LogP contribution in [0.4, 0.5) is 11.4 Å². The van der Waals surface area contributed by atoms with E-state index in [1.54, 1.807) is 18.2 Å². The van der Waals surface area contributed by atoms with Crippen LogP contribution in [0.2, 0.25) is 0 Å². The monoisotopic (exact) mass is 530 g/mol. The van der Waals surface area contributed by atoms with Crippen LogP contribution in [0.1, 0.15) is 36.5 Å². The van der Waals surface area contributed by atoms with Gasteiger partial charge in [0.2, 0.25) is 0 Å². The van der Waals surface area contributed by atoms with Crippen LogP contribution >= 0.6 is 15.9 Å². The van der Waals surface area contributed by atoms with E-state index in [9.17, 15) is 13.2 Å². The van der Waals surface area contributed by atoms with E-state index in [0.717, 1.165) is 21.2 Å². The zero-order valence-electron chi connectivity index (χ0n) is 19.0. The molecule has 0 spiro atoms. The van der Waals surface area contributed by atoms with Crippen LogP contribution in [-0.2, 0) is 14.8 Å². The van der Waals surface area contributed by atoms with Crippen molar-refractivity contribution in [1.29, 1.82) is 0 Å². The number of carbonyl (C=O) groups is 1. The maximum atomic E-state index is 12.7. The van der Waals surface area contributed by atoms with E-state index < -0.39 is 10.0 Å². The Morgan fingerprint density at radius 1 is 1.00 bits per heavy atom. The van der Waals surface area contributed by atoms with Gasteiger partial charge in [-0.15, -0.1) is 0 Å². The highest BCUT2D eigenvalue weighted by molar-refractivity contribution is 9.10. The summed E-state index contributed by atoms with van der Waals surface area (Å²) >= 11 is 3.45. The third-order valence-corrected chi connectivity index (χ3v) is 6.90. The number of benzene rings is 3. The summed E-state index contributed by atoms with van der Waals surface area (Å²) in [5, 5.41) is 2.73. The molecule has 0 fully saturated rings. The molecule has 6 nitrogen and oxygen atoms in total. The molecule has 1 amide bonds. The van der Waals surface area contributed by atoms with Crippen LogP contribution in [0.3, 0.4) is 0 Å². The van der Waals surface area contributed by atoms with E-state index in [0.29, 0.717) is 17.1 Å². The number of ether oxygens (including phenoxy) is 1. The summed E-state index contributed by atoms with van der Waals surface area (Å²) in [5.74, 6) is 0.561. The minimum Gasteiger partial charge on any atom is -0.483 e. The first-order valence-electron chi connectivity index (χ1n) is 10.5. The van der Waals surface area contributed by atoms with E-state index in [4.69, 9.17) is 4.74 Å². The van der Waals surface area contributed by atoms with E-state index in [1.165, 1.54) is 12.1 Å². The molecule has 0 bridgehead atoms. The van der Waals surface area contributed by atoms with Gasteiger partial charge in [0, 0.05) is 10.2 Å². The summed E-state index contributed by atoms with van der Waals surface area (Å²) in [5.41, 5.74) is 3.91. The standard InChI is InChI=1S/C25H27BrN2O4S/c1-16(2)22-14-19(26)6-12-24(22)32-15-25(29)27-20-7-9-21(10-8-20)33(30,31)28-23-11-5-17(3)13-18(23)4/h5-14,16,28H,15H2,1-4H3,(H,27,29). The van der Waals surface area contributed by atoms with Crippen LogP contribution in [0.15, 0.2) is 70.0 Å². The third-order valence-electron chi connectivity index (χ3n) is 5.03. The molecule has 3 aromatic rings. The molecule has 0 unspecified atom stereocenters. The SMILES string of the molecule is Cc1ccc(NS(=O)(=O)c2ccc(NC(=O)COc3ccc(Br)cc3C(C)C)cc2)c(C)c1. The van der Waals surface area contributed by atoms with Crippen LogP contribution in [0.25, 0.3) is 0 Å². The highest BCUT2D eigenvalue weighted by Gasteiger charge is 2.16. The highest BCUT2D eigenvalue weighted by atomic mass is 79.9. The fourth-order valence-electron chi connectivity index (χ4n) is 3.29. The maximum Gasteiger partial charge on any atom is 0.262 e. The van der Waals surface area contributed by atoms with Crippen molar-refractivity contribution in [2.24, 2.45) is 0 Å². The molecule has 0 heterocycles. The van der Waals surface area contributed by atoms with Crippen molar-refractivity contribution in [2.75, 3.05) is 16.6 Å². The summed E-state index contributed by atoms with van der Waals surface area (Å²) in [6, 6.07) is 17.2. The average molecular weight is 531 g/mol. The molecule has 0 saturated heterocycles. The molecule has 0 saturated carbocycles. The number of anilines is 2. The molecule has 3 aromatic carbocycles. The van der Waals surface area contributed by atoms with Crippen molar-refractivity contribution in [3.8, 4) is 5.75 Å². The number of aryl methyl sites for hydroxylation is 2. The molecule has 0 aliphatic carbocycles. The quantitative estimate of drug-likeness (QED) is 0.373. The van der Waals surface area contributed by atoms with Gasteiger partial charge in [0.25, 0.3) is 15.9 Å². The van der Waals surface area contributed by atoms with E-state index in [2.05, 4.69) is 39.8 Å². The third kappa shape index (κ3) is 6.58. The number of hydrogen-bond acceptors (Lipinski definition) is 4. The summed E-state index contributed by atoms with van der Waals surface area (Å²) in [6.07, 6.45) is 0. The summed E-state index contributed by atoms with van der Waals surface area (Å²) < 4.78 is 34.7. The largest absolute Gasteiger partial charge is 0.483 e. The van der Waals surface area contributed by atoms with Gasteiger partial charge in [0.15, 0.2) is 6.61 Å². The summed E-state index contributed by atoms with van der Waals surface area (Å²) in [4.78, 5) is 12.5. The molecular formula is C25H27BrN2O4S. The smallest absolute Gasteiger partial charge is 0.262 e. The first-order valence-corrected chi connectivity index (χ1v) is 12.7. The Hall–Kier alpha value is -2.84. The fraction of sp³-hybridized carbons (Fsp3) is 0.240. The van der Waals surface area contributed by atoms with Gasteiger partial charge < -0.3 is 10.1 Å². The molecular weight excluding hydrogens is 504 g/mol. The van der Waals surface area contributed by atoms with Crippen molar-refractivity contribution in [1.82, 2.24) is 0 Å². The van der Waals surface area contributed by atoms with Crippen molar-refractivity contribution < 1.29 is 17.9 Å². The number of carbonyl (C=O) groups excluding carboxylic acids is 1. The molecule has 8 heteroatoms. The molecule has 0 aromatic heterocycles. The predicted molar refractivity (Wildman–Crippen MR) is 136 cm³/mol. The van der Waals surface area contributed by atoms with Crippen molar-refractivity contribution in [2.45, 2.75) is 38.5 Å². The first kappa shape index (κ1) is 24.8. The molecule has 2 N–H and O–H groups in total. The number of sulfonamides is 1. The van der Waals surface area contributed by atoms with Crippen LogP contribution < -0.4 is 14.8 Å². The minimum absolute atomic E-state index is 0.105. The molecule has 0 aliphatic rings. The Morgan fingerprint density at radius 2 is 1.70 bits per heavy atom. The topological polar surface area (TPSA) is 84.5 Å². The van der Waals surface area contributed by atoms with Crippen molar-refractivity contribution >= 4 is 43.2 Å². The van der Waals surface area contributed by atoms with E-state index >= 15 is 0 Å². The molecule has 33 heavy (non-hydrogen) atoms. The van der Waals surface area contributed by atoms with Gasteiger partial charge in [-0.1, -0.05) is 47.5 Å². The average Bonchev–Trinajstić information content (AvgIpc) is 2.75. The Bertz CT molecular complexity index is 1260. The van der Waals surface area contributed by atoms with Gasteiger partial charge in [-0.3, -0.25) is 9.52 Å². The zero-order valence-corrected chi connectivity index (χ0v) is 21.4. The van der Waals surface area contributed by atoms with Crippen LogP contribution in [-0.4, -0.2) is 20.9 Å². The Kier molecular flexibility index (Phi) is 7.81.